The zero-order valence-electron chi connectivity index (χ0n) is 15.3. The second-order valence-corrected chi connectivity index (χ2v) is 9.28. The van der Waals surface area contributed by atoms with E-state index in [0.29, 0.717) is 6.04 Å². The largest absolute Gasteiger partial charge is 0.381 e. The second-order valence-electron chi connectivity index (χ2n) is 6.43. The Labute approximate surface area is 173 Å². The van der Waals surface area contributed by atoms with Crippen LogP contribution in [0.5, 0.6) is 0 Å². The third-order valence-corrected chi connectivity index (χ3v) is 7.47. The monoisotopic (exact) mass is 487 g/mol. The zero-order chi connectivity index (χ0) is 16.5. The average molecular weight is 488 g/mol. The molecule has 2 unspecified atom stereocenters. The summed E-state index contributed by atoms with van der Waals surface area (Å²) in [7, 11) is 0. The standard InChI is InChI=1S/C17H33N3OS2.HI/c1-4-18-16(20-14-6-7-15(12-14)23-5-2)19-13-17(22-3)8-10-21-11-9-17;/h14-15H,4-13H2,1-3H3,(H2,18,19,20);1H. The van der Waals surface area contributed by atoms with Gasteiger partial charge in [-0.05, 0) is 51.0 Å². The normalized spacial score (nSPS) is 26.7. The highest BCUT2D eigenvalue weighted by atomic mass is 127. The Bertz CT molecular complexity index is 379. The third kappa shape index (κ3) is 7.11. The van der Waals surface area contributed by atoms with Gasteiger partial charge in [0.15, 0.2) is 5.96 Å². The van der Waals surface area contributed by atoms with Crippen LogP contribution < -0.4 is 10.6 Å². The topological polar surface area (TPSA) is 45.7 Å². The number of nitrogens with zero attached hydrogens (tertiary/aromatic N) is 1. The molecule has 7 heteroatoms. The fourth-order valence-corrected chi connectivity index (χ4v) is 5.28. The van der Waals surface area contributed by atoms with E-state index in [9.17, 15) is 0 Å². The summed E-state index contributed by atoms with van der Waals surface area (Å²) in [6.07, 6.45) is 8.30. The van der Waals surface area contributed by atoms with Crippen molar-refractivity contribution < 1.29 is 4.74 Å². The van der Waals surface area contributed by atoms with E-state index in [4.69, 9.17) is 9.73 Å². The number of guanidine groups is 1. The maximum Gasteiger partial charge on any atom is 0.191 e. The van der Waals surface area contributed by atoms with Crippen molar-refractivity contribution in [2.24, 2.45) is 4.99 Å². The SMILES string of the molecule is CCNC(=NCC1(SC)CCOCC1)NC1CCC(SCC)C1.I. The summed E-state index contributed by atoms with van der Waals surface area (Å²) < 4.78 is 5.79. The van der Waals surface area contributed by atoms with E-state index in [1.165, 1.54) is 25.0 Å². The fourth-order valence-electron chi connectivity index (χ4n) is 3.36. The van der Waals surface area contributed by atoms with Crippen LogP contribution in [0, 0.1) is 0 Å². The summed E-state index contributed by atoms with van der Waals surface area (Å²) >= 11 is 4.06. The molecule has 1 saturated heterocycles. The van der Waals surface area contributed by atoms with Crippen molar-refractivity contribution in [3.63, 3.8) is 0 Å². The molecule has 2 rings (SSSR count). The van der Waals surface area contributed by atoms with Crippen LogP contribution >= 0.6 is 47.5 Å². The summed E-state index contributed by atoms with van der Waals surface area (Å²) in [5.74, 6) is 2.23. The zero-order valence-corrected chi connectivity index (χ0v) is 19.3. The van der Waals surface area contributed by atoms with Crippen LogP contribution in [0.1, 0.15) is 46.0 Å². The van der Waals surface area contributed by atoms with Crippen LogP contribution in [0.4, 0.5) is 0 Å². The van der Waals surface area contributed by atoms with Gasteiger partial charge in [-0.3, -0.25) is 4.99 Å². The molecular formula is C17H34IN3OS2. The number of rotatable bonds is 7. The van der Waals surface area contributed by atoms with Gasteiger partial charge in [0.05, 0.1) is 6.54 Å². The molecule has 1 aliphatic carbocycles. The van der Waals surface area contributed by atoms with Crippen LogP contribution in [0.25, 0.3) is 0 Å². The molecule has 1 heterocycles. The molecule has 2 N–H and O–H groups in total. The van der Waals surface area contributed by atoms with Gasteiger partial charge >= 0.3 is 0 Å². The molecule has 2 fully saturated rings. The van der Waals surface area contributed by atoms with Crippen molar-refractivity contribution in [1.82, 2.24) is 10.6 Å². The van der Waals surface area contributed by atoms with Crippen molar-refractivity contribution in [2.75, 3.05) is 38.3 Å². The Balaban J connectivity index is 0.00000288. The van der Waals surface area contributed by atoms with Crippen LogP contribution in [0.2, 0.25) is 0 Å². The van der Waals surface area contributed by atoms with Crippen molar-refractivity contribution in [3.8, 4) is 0 Å². The van der Waals surface area contributed by atoms with Gasteiger partial charge in [0.25, 0.3) is 0 Å². The van der Waals surface area contributed by atoms with Gasteiger partial charge in [0.2, 0.25) is 0 Å². The molecule has 24 heavy (non-hydrogen) atoms. The molecule has 0 aromatic rings. The molecule has 142 valence electrons. The van der Waals surface area contributed by atoms with Crippen molar-refractivity contribution >= 4 is 53.5 Å². The average Bonchev–Trinajstić information content (AvgIpc) is 3.01. The Morgan fingerprint density at radius 3 is 2.62 bits per heavy atom. The highest BCUT2D eigenvalue weighted by Gasteiger charge is 2.32. The summed E-state index contributed by atoms with van der Waals surface area (Å²) in [6, 6.07) is 0.580. The summed E-state index contributed by atoms with van der Waals surface area (Å²) in [4.78, 5) is 4.93. The van der Waals surface area contributed by atoms with Crippen molar-refractivity contribution in [3.05, 3.63) is 0 Å². The van der Waals surface area contributed by atoms with Gasteiger partial charge in [0, 0.05) is 35.8 Å². The molecule has 0 spiro atoms. The van der Waals surface area contributed by atoms with Gasteiger partial charge in [0.1, 0.15) is 0 Å². The van der Waals surface area contributed by atoms with Crippen LogP contribution in [0.15, 0.2) is 4.99 Å². The van der Waals surface area contributed by atoms with Gasteiger partial charge < -0.3 is 15.4 Å². The molecule has 0 aromatic heterocycles. The molecule has 1 saturated carbocycles. The first-order chi connectivity index (χ1) is 11.2. The number of ether oxygens (including phenoxy) is 1. The van der Waals surface area contributed by atoms with E-state index in [1.807, 2.05) is 11.8 Å². The van der Waals surface area contributed by atoms with E-state index >= 15 is 0 Å². The summed E-state index contributed by atoms with van der Waals surface area (Å²) in [5.41, 5.74) is 0. The molecule has 0 radical (unpaired) electrons. The minimum absolute atomic E-state index is 0. The number of aliphatic imine (C=N–C) groups is 1. The smallest absolute Gasteiger partial charge is 0.191 e. The Morgan fingerprint density at radius 2 is 2.00 bits per heavy atom. The van der Waals surface area contributed by atoms with E-state index in [1.54, 1.807) is 0 Å². The first-order valence-corrected chi connectivity index (χ1v) is 11.3. The first-order valence-electron chi connectivity index (χ1n) is 9.00. The quantitative estimate of drug-likeness (QED) is 0.326. The number of halogens is 1. The van der Waals surface area contributed by atoms with Crippen LogP contribution in [-0.4, -0.2) is 60.3 Å². The van der Waals surface area contributed by atoms with Gasteiger partial charge in [-0.1, -0.05) is 6.92 Å². The predicted molar refractivity (Wildman–Crippen MR) is 120 cm³/mol. The van der Waals surface area contributed by atoms with Gasteiger partial charge in [-0.15, -0.1) is 24.0 Å². The Hall–Kier alpha value is 0.660. The maximum absolute atomic E-state index is 5.53. The maximum atomic E-state index is 5.53. The highest BCUT2D eigenvalue weighted by molar-refractivity contribution is 14.0. The predicted octanol–water partition coefficient (Wildman–Crippen LogP) is 3.75. The highest BCUT2D eigenvalue weighted by Crippen LogP contribution is 2.34. The van der Waals surface area contributed by atoms with Crippen LogP contribution in [0.3, 0.4) is 0 Å². The Kier molecular flexibility index (Phi) is 11.5. The van der Waals surface area contributed by atoms with Gasteiger partial charge in [-0.2, -0.15) is 23.5 Å². The van der Waals surface area contributed by atoms with Crippen LogP contribution in [-0.2, 0) is 4.74 Å². The first kappa shape index (κ1) is 22.7. The lowest BCUT2D eigenvalue weighted by Gasteiger charge is -2.34. The number of hydrogen-bond acceptors (Lipinski definition) is 4. The molecule has 0 aromatic carbocycles. The van der Waals surface area contributed by atoms with Crippen molar-refractivity contribution in [1.29, 1.82) is 0 Å². The lowest BCUT2D eigenvalue weighted by atomic mass is 9.99. The number of nitrogens with one attached hydrogen (secondary N) is 2. The summed E-state index contributed by atoms with van der Waals surface area (Å²) in [6.45, 7) is 7.94. The lowest BCUT2D eigenvalue weighted by Crippen LogP contribution is -2.44. The van der Waals surface area contributed by atoms with E-state index < -0.39 is 0 Å². The molecule has 4 nitrogen and oxygen atoms in total. The molecular weight excluding hydrogens is 453 g/mol. The molecule has 2 aliphatic rings. The summed E-state index contributed by atoms with van der Waals surface area (Å²) in [5, 5.41) is 7.93. The van der Waals surface area contributed by atoms with Gasteiger partial charge in [-0.25, -0.2) is 0 Å². The third-order valence-electron chi connectivity index (χ3n) is 4.83. The minimum Gasteiger partial charge on any atom is -0.381 e. The number of hydrogen-bond donors (Lipinski definition) is 2. The molecule has 0 bridgehead atoms. The molecule has 0 amide bonds. The molecule has 2 atom stereocenters. The molecule has 1 aliphatic heterocycles. The fraction of sp³-hybridized carbons (Fsp3) is 0.941. The van der Waals surface area contributed by atoms with E-state index in [0.717, 1.165) is 50.4 Å². The number of thioether (sulfide) groups is 2. The second kappa shape index (κ2) is 12.1. The van der Waals surface area contributed by atoms with Crippen molar-refractivity contribution in [2.45, 2.75) is 62.0 Å². The lowest BCUT2D eigenvalue weighted by molar-refractivity contribution is 0.0794. The Morgan fingerprint density at radius 1 is 1.25 bits per heavy atom. The van der Waals surface area contributed by atoms with E-state index in [-0.39, 0.29) is 28.7 Å². The minimum atomic E-state index is 0. The van der Waals surface area contributed by atoms with E-state index in [2.05, 4.69) is 42.5 Å².